The fourth-order valence-electron chi connectivity index (χ4n) is 3.33. The molecule has 1 aromatic rings. The number of piperazine rings is 1. The first kappa shape index (κ1) is 21.4. The van der Waals surface area contributed by atoms with Crippen LogP contribution in [0, 0.1) is 0 Å². The van der Waals surface area contributed by atoms with Crippen LogP contribution >= 0.6 is 0 Å². The highest BCUT2D eigenvalue weighted by molar-refractivity contribution is 5.68. The minimum absolute atomic E-state index is 0.149. The number of unbranched alkanes of at least 4 members (excludes halogenated alkanes) is 1. The second-order valence-corrected chi connectivity index (χ2v) is 7.61. The van der Waals surface area contributed by atoms with E-state index in [1.807, 2.05) is 23.1 Å². The molecule has 0 spiro atoms. The summed E-state index contributed by atoms with van der Waals surface area (Å²) < 4.78 is 11.4. The van der Waals surface area contributed by atoms with Crippen LogP contribution in [0.4, 0.5) is 10.5 Å². The van der Waals surface area contributed by atoms with Gasteiger partial charge in [-0.05, 0) is 43.0 Å². The summed E-state index contributed by atoms with van der Waals surface area (Å²) in [4.78, 5) is 16.3. The summed E-state index contributed by atoms with van der Waals surface area (Å²) in [7, 11) is 0. The molecule has 27 heavy (non-hydrogen) atoms. The standard InChI is InChI=1S/C21H35N3O3/c1-5-6-12-27-21(25)24-10-9-23(15-17(24)4)11-13-26-20-8-7-18(22)14-19(20)16(2)3/h7-8,14,16-17H,5-6,9-13,15,22H2,1-4H3/t17-/m0/s1. The summed E-state index contributed by atoms with van der Waals surface area (Å²) in [6, 6.07) is 5.98. The van der Waals surface area contributed by atoms with E-state index in [-0.39, 0.29) is 12.1 Å². The van der Waals surface area contributed by atoms with Gasteiger partial charge >= 0.3 is 6.09 Å². The summed E-state index contributed by atoms with van der Waals surface area (Å²) in [5, 5.41) is 0. The van der Waals surface area contributed by atoms with Gasteiger partial charge in [-0.2, -0.15) is 0 Å². The number of rotatable bonds is 8. The molecular weight excluding hydrogens is 342 g/mol. The van der Waals surface area contributed by atoms with Crippen molar-refractivity contribution in [2.24, 2.45) is 0 Å². The zero-order valence-electron chi connectivity index (χ0n) is 17.2. The molecule has 2 rings (SSSR count). The summed E-state index contributed by atoms with van der Waals surface area (Å²) in [5.41, 5.74) is 7.80. The van der Waals surface area contributed by atoms with Crippen molar-refractivity contribution in [3.63, 3.8) is 0 Å². The molecule has 0 aliphatic carbocycles. The highest BCUT2D eigenvalue weighted by Crippen LogP contribution is 2.28. The van der Waals surface area contributed by atoms with E-state index in [0.29, 0.717) is 25.7 Å². The van der Waals surface area contributed by atoms with Crippen LogP contribution in [0.25, 0.3) is 0 Å². The molecule has 6 nitrogen and oxygen atoms in total. The quantitative estimate of drug-likeness (QED) is 0.552. The number of nitrogen functional groups attached to an aromatic ring is 1. The van der Waals surface area contributed by atoms with Crippen molar-refractivity contribution in [1.82, 2.24) is 9.80 Å². The van der Waals surface area contributed by atoms with Gasteiger partial charge in [-0.3, -0.25) is 4.90 Å². The molecule has 0 aromatic heterocycles. The third kappa shape index (κ3) is 6.31. The largest absolute Gasteiger partial charge is 0.492 e. The van der Waals surface area contributed by atoms with Crippen molar-refractivity contribution >= 4 is 11.8 Å². The molecule has 0 bridgehead atoms. The van der Waals surface area contributed by atoms with Gasteiger partial charge in [-0.25, -0.2) is 4.79 Å². The van der Waals surface area contributed by atoms with Gasteiger partial charge in [-0.15, -0.1) is 0 Å². The fraction of sp³-hybridized carbons (Fsp3) is 0.667. The molecule has 0 saturated carbocycles. The van der Waals surface area contributed by atoms with Crippen molar-refractivity contribution in [3.05, 3.63) is 23.8 Å². The molecular formula is C21H35N3O3. The van der Waals surface area contributed by atoms with Crippen molar-refractivity contribution in [2.45, 2.75) is 52.5 Å². The minimum atomic E-state index is -0.185. The lowest BCUT2D eigenvalue weighted by Gasteiger charge is -2.39. The Balaban J connectivity index is 1.78. The molecule has 1 aromatic carbocycles. The monoisotopic (exact) mass is 377 g/mol. The van der Waals surface area contributed by atoms with Crippen molar-refractivity contribution in [1.29, 1.82) is 0 Å². The molecule has 0 radical (unpaired) electrons. The topological polar surface area (TPSA) is 68.0 Å². The first-order valence-corrected chi connectivity index (χ1v) is 10.1. The normalized spacial score (nSPS) is 18.0. The number of benzene rings is 1. The maximum Gasteiger partial charge on any atom is 0.410 e. The number of amides is 1. The lowest BCUT2D eigenvalue weighted by Crippen LogP contribution is -2.54. The zero-order chi connectivity index (χ0) is 19.8. The third-order valence-corrected chi connectivity index (χ3v) is 4.99. The Bertz CT molecular complexity index is 606. The van der Waals surface area contributed by atoms with Crippen molar-refractivity contribution in [2.75, 3.05) is 45.1 Å². The summed E-state index contributed by atoms with van der Waals surface area (Å²) in [6.45, 7) is 12.8. The number of anilines is 1. The lowest BCUT2D eigenvalue weighted by atomic mass is 10.0. The SMILES string of the molecule is CCCCOC(=O)N1CCN(CCOc2ccc(N)cc2C(C)C)C[C@@H]1C. The molecule has 1 heterocycles. The van der Waals surface area contributed by atoms with E-state index in [0.717, 1.165) is 49.5 Å². The smallest absolute Gasteiger partial charge is 0.410 e. The van der Waals surface area contributed by atoms with Gasteiger partial charge in [-0.1, -0.05) is 27.2 Å². The molecule has 6 heteroatoms. The van der Waals surface area contributed by atoms with Crippen LogP contribution in [0.3, 0.4) is 0 Å². The van der Waals surface area contributed by atoms with Gasteiger partial charge in [0, 0.05) is 37.9 Å². The van der Waals surface area contributed by atoms with E-state index in [1.165, 1.54) is 0 Å². The molecule has 152 valence electrons. The van der Waals surface area contributed by atoms with Crippen LogP contribution in [0.2, 0.25) is 0 Å². The summed E-state index contributed by atoms with van der Waals surface area (Å²) >= 11 is 0. The average molecular weight is 378 g/mol. The van der Waals surface area contributed by atoms with E-state index in [4.69, 9.17) is 15.2 Å². The van der Waals surface area contributed by atoms with Crippen LogP contribution in [-0.4, -0.2) is 61.3 Å². The number of ether oxygens (including phenoxy) is 2. The first-order valence-electron chi connectivity index (χ1n) is 10.1. The second kappa shape index (κ2) is 10.4. The fourth-order valence-corrected chi connectivity index (χ4v) is 3.33. The van der Waals surface area contributed by atoms with E-state index >= 15 is 0 Å². The third-order valence-electron chi connectivity index (χ3n) is 4.99. The van der Waals surface area contributed by atoms with Gasteiger partial charge in [0.25, 0.3) is 0 Å². The molecule has 1 fully saturated rings. The van der Waals surface area contributed by atoms with Gasteiger partial charge in [0.15, 0.2) is 0 Å². The van der Waals surface area contributed by atoms with Crippen LogP contribution in [0.5, 0.6) is 5.75 Å². The first-order chi connectivity index (χ1) is 12.9. The number of hydrogen-bond donors (Lipinski definition) is 1. The predicted octanol–water partition coefficient (Wildman–Crippen LogP) is 3.71. The summed E-state index contributed by atoms with van der Waals surface area (Å²) in [6.07, 6.45) is 1.76. The van der Waals surface area contributed by atoms with Crippen molar-refractivity contribution < 1.29 is 14.3 Å². The van der Waals surface area contributed by atoms with Crippen LogP contribution in [0.1, 0.15) is 52.0 Å². The highest BCUT2D eigenvalue weighted by Gasteiger charge is 2.28. The number of carbonyl (C=O) groups is 1. The highest BCUT2D eigenvalue weighted by atomic mass is 16.6. The molecule has 1 atom stereocenters. The second-order valence-electron chi connectivity index (χ2n) is 7.61. The van der Waals surface area contributed by atoms with Crippen molar-refractivity contribution in [3.8, 4) is 5.75 Å². The zero-order valence-corrected chi connectivity index (χ0v) is 17.2. The van der Waals surface area contributed by atoms with Crippen LogP contribution in [-0.2, 0) is 4.74 Å². The number of nitrogens with two attached hydrogens (primary N) is 1. The number of hydrogen-bond acceptors (Lipinski definition) is 5. The Labute approximate surface area is 163 Å². The van der Waals surface area contributed by atoms with Gasteiger partial charge in [0.05, 0.1) is 6.61 Å². The molecule has 1 saturated heterocycles. The van der Waals surface area contributed by atoms with E-state index in [9.17, 15) is 4.79 Å². The van der Waals surface area contributed by atoms with E-state index in [2.05, 4.69) is 32.6 Å². The lowest BCUT2D eigenvalue weighted by molar-refractivity contribution is 0.0473. The van der Waals surface area contributed by atoms with Crippen LogP contribution < -0.4 is 10.5 Å². The Morgan fingerprint density at radius 2 is 2.07 bits per heavy atom. The Hall–Kier alpha value is -1.95. The Kier molecular flexibility index (Phi) is 8.23. The number of nitrogens with zero attached hydrogens (tertiary/aromatic N) is 2. The minimum Gasteiger partial charge on any atom is -0.492 e. The Morgan fingerprint density at radius 1 is 1.30 bits per heavy atom. The molecule has 0 unspecified atom stereocenters. The van der Waals surface area contributed by atoms with Gasteiger partial charge in [0.1, 0.15) is 12.4 Å². The maximum atomic E-state index is 12.2. The predicted molar refractivity (Wildman–Crippen MR) is 109 cm³/mol. The van der Waals surface area contributed by atoms with Crippen LogP contribution in [0.15, 0.2) is 18.2 Å². The molecule has 1 aliphatic rings. The average Bonchev–Trinajstić information content (AvgIpc) is 2.63. The van der Waals surface area contributed by atoms with Gasteiger partial charge in [0.2, 0.25) is 0 Å². The van der Waals surface area contributed by atoms with Gasteiger partial charge < -0.3 is 20.1 Å². The van der Waals surface area contributed by atoms with E-state index in [1.54, 1.807) is 0 Å². The number of carbonyl (C=O) groups excluding carboxylic acids is 1. The summed E-state index contributed by atoms with van der Waals surface area (Å²) in [5.74, 6) is 1.27. The van der Waals surface area contributed by atoms with E-state index < -0.39 is 0 Å². The molecule has 1 amide bonds. The Morgan fingerprint density at radius 3 is 2.74 bits per heavy atom. The molecule has 1 aliphatic heterocycles. The molecule has 2 N–H and O–H groups in total. The maximum absolute atomic E-state index is 12.2.